The molecule has 1 rings (SSSR count). The van der Waals surface area contributed by atoms with Crippen molar-refractivity contribution in [2.75, 3.05) is 0 Å². The van der Waals surface area contributed by atoms with Crippen LogP contribution in [-0.4, -0.2) is 5.78 Å². The van der Waals surface area contributed by atoms with Crippen LogP contribution in [0.25, 0.3) is 0 Å². The van der Waals surface area contributed by atoms with Crippen LogP contribution in [0, 0.1) is 0 Å². The molecule has 0 heterocycles. The predicted octanol–water partition coefficient (Wildman–Crippen LogP) is 5.08. The Hall–Kier alpha value is -0.530. The van der Waals surface area contributed by atoms with Crippen molar-refractivity contribution in [1.29, 1.82) is 0 Å². The van der Waals surface area contributed by atoms with Gasteiger partial charge in [0.05, 0.1) is 0 Å². The smallest absolute Gasteiger partial charge is 0.137 e. The minimum absolute atomic E-state index is 0.241. The molecule has 0 aromatic heterocycles. The Morgan fingerprint density at radius 3 is 2.65 bits per heavy atom. The van der Waals surface area contributed by atoms with E-state index < -0.39 is 0 Å². The highest BCUT2D eigenvalue weighted by Gasteiger charge is 2.07. The van der Waals surface area contributed by atoms with Gasteiger partial charge < -0.3 is 0 Å². The lowest BCUT2D eigenvalue weighted by atomic mass is 10.0. The van der Waals surface area contributed by atoms with Crippen LogP contribution in [0.4, 0.5) is 0 Å². The van der Waals surface area contributed by atoms with Gasteiger partial charge in [-0.3, -0.25) is 4.79 Å². The second-order valence-corrected chi connectivity index (χ2v) is 5.11. The molecule has 94 valence electrons. The molecule has 0 aliphatic heterocycles. The molecule has 3 heteroatoms. The SMILES string of the molecule is CCCCCCC(=O)Cc1cc(Cl)ccc1Cl. The average molecular weight is 273 g/mol. The standard InChI is InChI=1S/C14H18Cl2O/c1-2-3-4-5-6-13(17)10-11-9-12(15)7-8-14(11)16/h7-9H,2-6,10H2,1H3. The number of rotatable bonds is 7. The molecule has 1 aromatic rings. The summed E-state index contributed by atoms with van der Waals surface area (Å²) in [4.78, 5) is 11.7. The van der Waals surface area contributed by atoms with E-state index in [4.69, 9.17) is 23.2 Å². The molecule has 0 N–H and O–H groups in total. The Kier molecular flexibility index (Phi) is 6.61. The first-order valence-electron chi connectivity index (χ1n) is 6.09. The molecular weight excluding hydrogens is 255 g/mol. The highest BCUT2D eigenvalue weighted by Crippen LogP contribution is 2.21. The number of carbonyl (C=O) groups is 1. The minimum atomic E-state index is 0.241. The van der Waals surface area contributed by atoms with Gasteiger partial charge in [-0.1, -0.05) is 49.4 Å². The van der Waals surface area contributed by atoms with E-state index in [-0.39, 0.29) is 5.78 Å². The van der Waals surface area contributed by atoms with Crippen LogP contribution in [0.15, 0.2) is 18.2 Å². The predicted molar refractivity (Wildman–Crippen MR) is 73.9 cm³/mol. The Labute approximate surface area is 113 Å². The van der Waals surface area contributed by atoms with E-state index in [0.29, 0.717) is 22.9 Å². The number of carbonyl (C=O) groups excluding carboxylic acids is 1. The third-order valence-electron chi connectivity index (χ3n) is 2.70. The second-order valence-electron chi connectivity index (χ2n) is 4.26. The minimum Gasteiger partial charge on any atom is -0.299 e. The number of ketones is 1. The number of Topliss-reactive ketones (excluding diaryl/α,β-unsaturated/α-hetero) is 1. The van der Waals surface area contributed by atoms with Gasteiger partial charge in [-0.15, -0.1) is 0 Å². The Bertz CT molecular complexity index is 374. The fraction of sp³-hybridized carbons (Fsp3) is 0.500. The van der Waals surface area contributed by atoms with Crippen LogP contribution >= 0.6 is 23.2 Å². The maximum absolute atomic E-state index is 11.7. The average Bonchev–Trinajstić information content (AvgIpc) is 2.29. The van der Waals surface area contributed by atoms with E-state index in [9.17, 15) is 4.79 Å². The summed E-state index contributed by atoms with van der Waals surface area (Å²) < 4.78 is 0. The lowest BCUT2D eigenvalue weighted by Gasteiger charge is -2.04. The highest BCUT2D eigenvalue weighted by atomic mass is 35.5. The fourth-order valence-corrected chi connectivity index (χ4v) is 2.11. The number of halogens is 2. The van der Waals surface area contributed by atoms with E-state index in [1.165, 1.54) is 12.8 Å². The zero-order valence-corrected chi connectivity index (χ0v) is 11.7. The largest absolute Gasteiger partial charge is 0.299 e. The summed E-state index contributed by atoms with van der Waals surface area (Å²) >= 11 is 11.9. The molecule has 17 heavy (non-hydrogen) atoms. The normalized spacial score (nSPS) is 10.5. The van der Waals surface area contributed by atoms with Gasteiger partial charge in [0.15, 0.2) is 0 Å². The van der Waals surface area contributed by atoms with Gasteiger partial charge in [0, 0.05) is 22.9 Å². The number of benzene rings is 1. The van der Waals surface area contributed by atoms with E-state index in [0.717, 1.165) is 18.4 Å². The third kappa shape index (κ3) is 5.56. The molecule has 0 aliphatic carbocycles. The molecule has 0 fully saturated rings. The van der Waals surface area contributed by atoms with Crippen LogP contribution < -0.4 is 0 Å². The molecule has 0 bridgehead atoms. The van der Waals surface area contributed by atoms with Crippen molar-refractivity contribution < 1.29 is 4.79 Å². The maximum Gasteiger partial charge on any atom is 0.137 e. The Morgan fingerprint density at radius 1 is 1.18 bits per heavy atom. The van der Waals surface area contributed by atoms with Crippen LogP contribution in [-0.2, 0) is 11.2 Å². The molecule has 0 saturated heterocycles. The Balaban J connectivity index is 2.42. The van der Waals surface area contributed by atoms with Crippen molar-refractivity contribution in [3.05, 3.63) is 33.8 Å². The number of hydrogen-bond donors (Lipinski definition) is 0. The number of unbranched alkanes of at least 4 members (excludes halogenated alkanes) is 3. The van der Waals surface area contributed by atoms with Gasteiger partial charge in [0.2, 0.25) is 0 Å². The zero-order chi connectivity index (χ0) is 12.7. The van der Waals surface area contributed by atoms with Crippen molar-refractivity contribution in [1.82, 2.24) is 0 Å². The highest BCUT2D eigenvalue weighted by molar-refractivity contribution is 6.33. The van der Waals surface area contributed by atoms with E-state index in [1.807, 2.05) is 0 Å². The number of hydrogen-bond acceptors (Lipinski definition) is 1. The zero-order valence-electron chi connectivity index (χ0n) is 10.1. The molecule has 1 nitrogen and oxygen atoms in total. The quantitative estimate of drug-likeness (QED) is 0.633. The van der Waals surface area contributed by atoms with Crippen LogP contribution in [0.2, 0.25) is 10.0 Å². The van der Waals surface area contributed by atoms with Gasteiger partial charge in [-0.05, 0) is 30.2 Å². The van der Waals surface area contributed by atoms with Crippen molar-refractivity contribution in [3.63, 3.8) is 0 Å². The first-order valence-corrected chi connectivity index (χ1v) is 6.84. The summed E-state index contributed by atoms with van der Waals surface area (Å²) in [5, 5.41) is 1.25. The fourth-order valence-electron chi connectivity index (χ4n) is 1.73. The lowest BCUT2D eigenvalue weighted by Crippen LogP contribution is -2.03. The molecule has 0 aliphatic rings. The van der Waals surface area contributed by atoms with Crippen LogP contribution in [0.3, 0.4) is 0 Å². The van der Waals surface area contributed by atoms with Crippen molar-refractivity contribution in [2.45, 2.75) is 45.4 Å². The Morgan fingerprint density at radius 2 is 1.94 bits per heavy atom. The van der Waals surface area contributed by atoms with Crippen LogP contribution in [0.1, 0.15) is 44.6 Å². The lowest BCUT2D eigenvalue weighted by molar-refractivity contribution is -0.118. The van der Waals surface area contributed by atoms with Gasteiger partial charge in [-0.2, -0.15) is 0 Å². The topological polar surface area (TPSA) is 17.1 Å². The van der Waals surface area contributed by atoms with Crippen LogP contribution in [0.5, 0.6) is 0 Å². The molecule has 1 aromatic carbocycles. The van der Waals surface area contributed by atoms with Gasteiger partial charge in [-0.25, -0.2) is 0 Å². The maximum atomic E-state index is 11.7. The molecule has 0 saturated carbocycles. The summed E-state index contributed by atoms with van der Waals surface area (Å²) in [5.41, 5.74) is 0.833. The van der Waals surface area contributed by atoms with Gasteiger partial charge in [0.25, 0.3) is 0 Å². The molecule has 0 atom stereocenters. The van der Waals surface area contributed by atoms with Crippen molar-refractivity contribution >= 4 is 29.0 Å². The molecule has 0 unspecified atom stereocenters. The van der Waals surface area contributed by atoms with E-state index in [2.05, 4.69) is 6.92 Å². The summed E-state index contributed by atoms with van der Waals surface area (Å²) in [6.07, 6.45) is 5.53. The van der Waals surface area contributed by atoms with Crippen molar-refractivity contribution in [3.8, 4) is 0 Å². The summed E-state index contributed by atoms with van der Waals surface area (Å²) in [6, 6.07) is 5.25. The van der Waals surface area contributed by atoms with E-state index >= 15 is 0 Å². The summed E-state index contributed by atoms with van der Waals surface area (Å²) in [5.74, 6) is 0.241. The van der Waals surface area contributed by atoms with Crippen molar-refractivity contribution in [2.24, 2.45) is 0 Å². The second kappa shape index (κ2) is 7.73. The molecular formula is C14H18Cl2O. The third-order valence-corrected chi connectivity index (χ3v) is 3.31. The first kappa shape index (κ1) is 14.5. The summed E-state index contributed by atoms with van der Waals surface area (Å²) in [6.45, 7) is 2.16. The molecule has 0 amide bonds. The van der Waals surface area contributed by atoms with E-state index in [1.54, 1.807) is 18.2 Å². The van der Waals surface area contributed by atoms with Gasteiger partial charge >= 0.3 is 0 Å². The van der Waals surface area contributed by atoms with Gasteiger partial charge in [0.1, 0.15) is 5.78 Å². The summed E-state index contributed by atoms with van der Waals surface area (Å²) in [7, 11) is 0. The molecule has 0 radical (unpaired) electrons. The first-order chi connectivity index (χ1) is 8.13. The molecule has 0 spiro atoms. The monoisotopic (exact) mass is 272 g/mol.